The van der Waals surface area contributed by atoms with E-state index in [0.717, 1.165) is 6.42 Å². The molecule has 0 atom stereocenters. The summed E-state index contributed by atoms with van der Waals surface area (Å²) in [4.78, 5) is 17.7. The molecule has 1 rings (SSSR count). The van der Waals surface area contributed by atoms with Crippen molar-refractivity contribution in [1.29, 1.82) is 0 Å². The molecule has 0 aromatic carbocycles. The fourth-order valence-electron chi connectivity index (χ4n) is 0.866. The third-order valence-electron chi connectivity index (χ3n) is 1.50. The Balaban J connectivity index is 2.24. The summed E-state index contributed by atoms with van der Waals surface area (Å²) in [7, 11) is 0. The highest BCUT2D eigenvalue weighted by Crippen LogP contribution is 1.89. The Bertz CT molecular complexity index is 297. The first-order chi connectivity index (χ1) is 6.34. The quantitative estimate of drug-likeness (QED) is 0.521. The summed E-state index contributed by atoms with van der Waals surface area (Å²) >= 11 is 0. The molecule has 1 aromatic heterocycles. The van der Waals surface area contributed by atoms with E-state index in [2.05, 4.69) is 21.2 Å². The average molecular weight is 177 g/mol. The molecule has 0 aliphatic rings. The molecule has 1 heterocycles. The lowest BCUT2D eigenvalue weighted by atomic mass is 10.3. The molecule has 0 saturated heterocycles. The molecule has 0 unspecified atom stereocenters. The van der Waals surface area contributed by atoms with Crippen molar-refractivity contribution in [3.05, 3.63) is 18.2 Å². The van der Waals surface area contributed by atoms with Gasteiger partial charge in [-0.1, -0.05) is 0 Å². The van der Waals surface area contributed by atoms with Gasteiger partial charge in [0.05, 0.1) is 0 Å². The normalized spacial score (nSPS) is 9.15. The van der Waals surface area contributed by atoms with E-state index in [1.807, 2.05) is 0 Å². The van der Waals surface area contributed by atoms with Gasteiger partial charge in [-0.3, -0.25) is 4.79 Å². The molecule has 4 heteroatoms. The number of hydrogen-bond acceptors (Lipinski definition) is 2. The molecule has 68 valence electrons. The van der Waals surface area contributed by atoms with Crippen LogP contribution < -0.4 is 5.32 Å². The number of hydrogen-bond donors (Lipinski definition) is 2. The second-order valence-electron chi connectivity index (χ2n) is 2.50. The molecule has 0 fully saturated rings. The number of imidazole rings is 1. The van der Waals surface area contributed by atoms with Crippen LogP contribution in [0.15, 0.2) is 12.4 Å². The van der Waals surface area contributed by atoms with E-state index in [4.69, 9.17) is 6.42 Å². The zero-order valence-electron chi connectivity index (χ0n) is 7.21. The van der Waals surface area contributed by atoms with E-state index >= 15 is 0 Å². The number of H-pyrrole nitrogens is 1. The van der Waals surface area contributed by atoms with Crippen molar-refractivity contribution in [3.63, 3.8) is 0 Å². The van der Waals surface area contributed by atoms with E-state index < -0.39 is 0 Å². The number of nitrogens with zero attached hydrogens (tertiary/aromatic N) is 1. The molecule has 0 aliphatic carbocycles. The Morgan fingerprint density at radius 3 is 3.23 bits per heavy atom. The van der Waals surface area contributed by atoms with Gasteiger partial charge in [0.1, 0.15) is 0 Å². The number of carbonyl (C=O) groups excluding carboxylic acids is 1. The fourth-order valence-corrected chi connectivity index (χ4v) is 0.866. The predicted molar refractivity (Wildman–Crippen MR) is 49.0 cm³/mol. The van der Waals surface area contributed by atoms with Crippen LogP contribution in [0.25, 0.3) is 0 Å². The minimum atomic E-state index is -0.193. The van der Waals surface area contributed by atoms with Crippen molar-refractivity contribution in [1.82, 2.24) is 15.3 Å². The van der Waals surface area contributed by atoms with E-state index in [1.165, 1.54) is 6.20 Å². The maximum Gasteiger partial charge on any atom is 0.287 e. The second-order valence-corrected chi connectivity index (χ2v) is 2.50. The molecule has 0 saturated carbocycles. The standard InChI is InChI=1S/C9H11N3O/c1-2-3-4-5-12-9(13)8-10-6-7-11-8/h1,6-7H,3-5H2,(H,10,11)(H,12,13). The van der Waals surface area contributed by atoms with Crippen LogP contribution in [0, 0.1) is 12.3 Å². The van der Waals surface area contributed by atoms with Crippen molar-refractivity contribution in [3.8, 4) is 12.3 Å². The highest BCUT2D eigenvalue weighted by molar-refractivity contribution is 5.90. The van der Waals surface area contributed by atoms with Crippen molar-refractivity contribution in [2.24, 2.45) is 0 Å². The van der Waals surface area contributed by atoms with E-state index in [-0.39, 0.29) is 5.91 Å². The van der Waals surface area contributed by atoms with Gasteiger partial charge < -0.3 is 10.3 Å². The lowest BCUT2D eigenvalue weighted by Gasteiger charge is -1.99. The van der Waals surface area contributed by atoms with E-state index in [9.17, 15) is 4.79 Å². The SMILES string of the molecule is C#CCCCNC(=O)c1ncc[nH]1. The molecule has 1 amide bonds. The summed E-state index contributed by atoms with van der Waals surface area (Å²) in [6.45, 7) is 0.587. The third-order valence-corrected chi connectivity index (χ3v) is 1.50. The Kier molecular flexibility index (Phi) is 3.58. The van der Waals surface area contributed by atoms with Crippen molar-refractivity contribution < 1.29 is 4.79 Å². The minimum absolute atomic E-state index is 0.193. The largest absolute Gasteiger partial charge is 0.349 e. The Hall–Kier alpha value is -1.76. The summed E-state index contributed by atoms with van der Waals surface area (Å²) in [6.07, 6.45) is 9.68. The monoisotopic (exact) mass is 177 g/mol. The van der Waals surface area contributed by atoms with Crippen molar-refractivity contribution >= 4 is 5.91 Å². The van der Waals surface area contributed by atoms with Crippen LogP contribution in [0.5, 0.6) is 0 Å². The van der Waals surface area contributed by atoms with Crippen LogP contribution in [0.4, 0.5) is 0 Å². The Labute approximate surface area is 76.8 Å². The van der Waals surface area contributed by atoms with Gasteiger partial charge in [-0.2, -0.15) is 0 Å². The lowest BCUT2D eigenvalue weighted by molar-refractivity contribution is 0.0944. The summed E-state index contributed by atoms with van der Waals surface area (Å²) in [5, 5.41) is 2.69. The van der Waals surface area contributed by atoms with Gasteiger partial charge in [0, 0.05) is 25.4 Å². The summed E-state index contributed by atoms with van der Waals surface area (Å²) in [6, 6.07) is 0. The number of rotatable bonds is 4. The number of carbonyl (C=O) groups is 1. The summed E-state index contributed by atoms with van der Waals surface area (Å²) < 4.78 is 0. The third kappa shape index (κ3) is 2.99. The molecule has 0 bridgehead atoms. The molecular weight excluding hydrogens is 166 g/mol. The first-order valence-electron chi connectivity index (χ1n) is 4.05. The van der Waals surface area contributed by atoms with Gasteiger partial charge in [0.25, 0.3) is 5.91 Å². The lowest BCUT2D eigenvalue weighted by Crippen LogP contribution is -2.25. The van der Waals surface area contributed by atoms with Crippen molar-refractivity contribution in [2.45, 2.75) is 12.8 Å². The van der Waals surface area contributed by atoms with Gasteiger partial charge in [-0.15, -0.1) is 12.3 Å². The van der Waals surface area contributed by atoms with Crippen LogP contribution in [-0.2, 0) is 0 Å². The summed E-state index contributed by atoms with van der Waals surface area (Å²) in [5.41, 5.74) is 0. The van der Waals surface area contributed by atoms with Crippen LogP contribution in [0.1, 0.15) is 23.5 Å². The van der Waals surface area contributed by atoms with E-state index in [1.54, 1.807) is 6.20 Å². The van der Waals surface area contributed by atoms with Gasteiger partial charge in [0.2, 0.25) is 0 Å². The van der Waals surface area contributed by atoms with Crippen LogP contribution in [-0.4, -0.2) is 22.4 Å². The van der Waals surface area contributed by atoms with Gasteiger partial charge in [-0.25, -0.2) is 4.98 Å². The van der Waals surface area contributed by atoms with Crippen LogP contribution in [0.2, 0.25) is 0 Å². The molecular formula is C9H11N3O. The molecule has 1 aromatic rings. The zero-order chi connectivity index (χ0) is 9.52. The van der Waals surface area contributed by atoms with Gasteiger partial charge >= 0.3 is 0 Å². The maximum atomic E-state index is 11.2. The molecule has 13 heavy (non-hydrogen) atoms. The minimum Gasteiger partial charge on any atom is -0.349 e. The zero-order valence-corrected chi connectivity index (χ0v) is 7.21. The maximum absolute atomic E-state index is 11.2. The first kappa shape index (κ1) is 9.33. The van der Waals surface area contributed by atoms with Gasteiger partial charge in [-0.05, 0) is 6.42 Å². The predicted octanol–water partition coefficient (Wildman–Crippen LogP) is 0.553. The number of terminal acetylenes is 1. The smallest absolute Gasteiger partial charge is 0.287 e. The molecule has 0 aliphatic heterocycles. The molecule has 2 N–H and O–H groups in total. The number of unbranched alkanes of at least 4 members (excludes halogenated alkanes) is 1. The highest BCUT2D eigenvalue weighted by atomic mass is 16.2. The number of amides is 1. The van der Waals surface area contributed by atoms with Gasteiger partial charge in [0.15, 0.2) is 5.82 Å². The molecule has 4 nitrogen and oxygen atoms in total. The Morgan fingerprint density at radius 1 is 1.77 bits per heavy atom. The fraction of sp³-hybridized carbons (Fsp3) is 0.333. The number of aromatic nitrogens is 2. The highest BCUT2D eigenvalue weighted by Gasteiger charge is 2.04. The topological polar surface area (TPSA) is 57.8 Å². The van der Waals surface area contributed by atoms with Crippen LogP contribution >= 0.6 is 0 Å². The second kappa shape index (κ2) is 4.99. The van der Waals surface area contributed by atoms with Crippen LogP contribution in [0.3, 0.4) is 0 Å². The van der Waals surface area contributed by atoms with E-state index in [0.29, 0.717) is 18.8 Å². The average Bonchev–Trinajstić information content (AvgIpc) is 2.65. The molecule has 0 spiro atoms. The number of aromatic amines is 1. The first-order valence-corrected chi connectivity index (χ1v) is 4.05. The number of nitrogens with one attached hydrogen (secondary N) is 2. The molecule has 0 radical (unpaired) electrons. The van der Waals surface area contributed by atoms with Crippen molar-refractivity contribution in [2.75, 3.05) is 6.54 Å². The summed E-state index contributed by atoms with van der Waals surface area (Å²) in [5.74, 6) is 2.64. The Morgan fingerprint density at radius 2 is 2.62 bits per heavy atom.